The number of likely N-dealkylation sites (tertiary alicyclic amines) is 1. The molecule has 0 saturated carbocycles. The Morgan fingerprint density at radius 1 is 1.03 bits per heavy atom. The number of anilines is 1. The highest BCUT2D eigenvalue weighted by Gasteiger charge is 2.39. The maximum atomic E-state index is 12.9. The molecule has 2 aromatic carbocycles. The summed E-state index contributed by atoms with van der Waals surface area (Å²) in [6.45, 7) is 3.34. The largest absolute Gasteiger partial charge is 0.351 e. The summed E-state index contributed by atoms with van der Waals surface area (Å²) < 4.78 is 0.873. The SMILES string of the molecule is O=C(NC1CCCN(Cc2ccccc2)C1)C1CCN(c2ccccc2Br)C1=O. The molecule has 152 valence electrons. The van der Waals surface area contributed by atoms with Crippen LogP contribution in [-0.2, 0) is 16.1 Å². The second kappa shape index (κ2) is 9.09. The first-order valence-electron chi connectivity index (χ1n) is 10.2. The molecule has 1 N–H and O–H groups in total. The molecule has 4 rings (SSSR count). The molecule has 0 bridgehead atoms. The summed E-state index contributed by atoms with van der Waals surface area (Å²) in [7, 11) is 0. The second-order valence-electron chi connectivity index (χ2n) is 7.85. The highest BCUT2D eigenvalue weighted by atomic mass is 79.9. The Labute approximate surface area is 180 Å². The van der Waals surface area contributed by atoms with Gasteiger partial charge in [-0.15, -0.1) is 0 Å². The number of benzene rings is 2. The van der Waals surface area contributed by atoms with Gasteiger partial charge in [0.1, 0.15) is 5.92 Å². The van der Waals surface area contributed by atoms with Gasteiger partial charge in [-0.1, -0.05) is 42.5 Å². The minimum atomic E-state index is -0.591. The first kappa shape index (κ1) is 20.1. The first-order chi connectivity index (χ1) is 14.1. The van der Waals surface area contributed by atoms with Gasteiger partial charge >= 0.3 is 0 Å². The minimum absolute atomic E-state index is 0.102. The molecule has 5 nitrogen and oxygen atoms in total. The molecule has 0 spiro atoms. The van der Waals surface area contributed by atoms with Gasteiger partial charge in [0.25, 0.3) is 0 Å². The van der Waals surface area contributed by atoms with Gasteiger partial charge in [-0.3, -0.25) is 14.5 Å². The Morgan fingerprint density at radius 2 is 1.79 bits per heavy atom. The summed E-state index contributed by atoms with van der Waals surface area (Å²) in [5, 5.41) is 3.15. The van der Waals surface area contributed by atoms with Crippen LogP contribution in [0.25, 0.3) is 0 Å². The molecule has 0 aliphatic carbocycles. The Hall–Kier alpha value is -2.18. The van der Waals surface area contributed by atoms with Gasteiger partial charge in [0, 0.05) is 30.1 Å². The van der Waals surface area contributed by atoms with Gasteiger partial charge in [0.05, 0.1) is 5.69 Å². The maximum Gasteiger partial charge on any atom is 0.239 e. The number of halogens is 1. The molecular formula is C23H26BrN3O2. The van der Waals surface area contributed by atoms with E-state index in [0.717, 1.165) is 42.6 Å². The van der Waals surface area contributed by atoms with Gasteiger partial charge in [-0.25, -0.2) is 0 Å². The molecule has 0 radical (unpaired) electrons. The molecule has 2 saturated heterocycles. The van der Waals surface area contributed by atoms with E-state index in [0.29, 0.717) is 13.0 Å². The Bertz CT molecular complexity index is 873. The molecule has 2 fully saturated rings. The smallest absolute Gasteiger partial charge is 0.239 e. The van der Waals surface area contributed by atoms with Gasteiger partial charge in [-0.2, -0.15) is 0 Å². The fourth-order valence-electron chi connectivity index (χ4n) is 4.29. The summed E-state index contributed by atoms with van der Waals surface area (Å²) in [6.07, 6.45) is 2.58. The van der Waals surface area contributed by atoms with E-state index in [9.17, 15) is 9.59 Å². The van der Waals surface area contributed by atoms with Crippen LogP contribution in [0.4, 0.5) is 5.69 Å². The van der Waals surface area contributed by atoms with Crippen LogP contribution in [0.3, 0.4) is 0 Å². The van der Waals surface area contributed by atoms with Crippen LogP contribution >= 0.6 is 15.9 Å². The average Bonchev–Trinajstić information content (AvgIpc) is 3.11. The fourth-order valence-corrected chi connectivity index (χ4v) is 4.79. The topological polar surface area (TPSA) is 52.7 Å². The third-order valence-electron chi connectivity index (χ3n) is 5.77. The monoisotopic (exact) mass is 455 g/mol. The van der Waals surface area contributed by atoms with E-state index in [1.54, 1.807) is 4.90 Å². The Morgan fingerprint density at radius 3 is 2.59 bits per heavy atom. The average molecular weight is 456 g/mol. The van der Waals surface area contributed by atoms with Crippen molar-refractivity contribution in [2.24, 2.45) is 5.92 Å². The quantitative estimate of drug-likeness (QED) is 0.700. The number of hydrogen-bond donors (Lipinski definition) is 1. The van der Waals surface area contributed by atoms with E-state index in [2.05, 4.69) is 50.4 Å². The molecule has 2 aliphatic rings. The molecule has 0 aromatic heterocycles. The van der Waals surface area contributed by atoms with Gasteiger partial charge in [0.2, 0.25) is 11.8 Å². The van der Waals surface area contributed by atoms with Gasteiger partial charge in [-0.05, 0) is 59.4 Å². The standard InChI is InChI=1S/C23H26BrN3O2/c24-20-10-4-5-11-21(20)27-14-12-19(23(27)29)22(28)25-18-9-6-13-26(16-18)15-17-7-2-1-3-8-17/h1-5,7-8,10-11,18-19H,6,9,12-16H2,(H,25,28). The van der Waals surface area contributed by atoms with Gasteiger partial charge in [0.15, 0.2) is 0 Å². The number of hydrogen-bond acceptors (Lipinski definition) is 3. The Kier molecular flexibility index (Phi) is 6.31. The van der Waals surface area contributed by atoms with E-state index in [1.165, 1.54) is 5.56 Å². The van der Waals surface area contributed by atoms with Crippen LogP contribution in [0.15, 0.2) is 59.1 Å². The lowest BCUT2D eigenvalue weighted by atomic mass is 10.0. The van der Waals surface area contributed by atoms with E-state index < -0.39 is 5.92 Å². The van der Waals surface area contributed by atoms with E-state index in [-0.39, 0.29) is 17.9 Å². The molecule has 2 aromatic rings. The molecule has 6 heteroatoms. The predicted octanol–water partition coefficient (Wildman–Crippen LogP) is 3.58. The van der Waals surface area contributed by atoms with Crippen molar-refractivity contribution in [1.82, 2.24) is 10.2 Å². The molecule has 2 amide bonds. The Balaban J connectivity index is 1.34. The lowest BCUT2D eigenvalue weighted by Crippen LogP contribution is -2.49. The van der Waals surface area contributed by atoms with E-state index in [1.807, 2.05) is 30.3 Å². The molecular weight excluding hydrogens is 430 g/mol. The molecule has 2 heterocycles. The number of para-hydroxylation sites is 1. The summed E-state index contributed by atoms with van der Waals surface area (Å²) in [4.78, 5) is 29.8. The van der Waals surface area contributed by atoms with Crippen molar-refractivity contribution in [2.45, 2.75) is 31.8 Å². The van der Waals surface area contributed by atoms with Gasteiger partial charge < -0.3 is 10.2 Å². The zero-order valence-corrected chi connectivity index (χ0v) is 18.0. The number of amides is 2. The minimum Gasteiger partial charge on any atom is -0.351 e. The van der Waals surface area contributed by atoms with Crippen LogP contribution in [0, 0.1) is 5.92 Å². The number of carbonyl (C=O) groups is 2. The van der Waals surface area contributed by atoms with Crippen LogP contribution in [0.2, 0.25) is 0 Å². The fraction of sp³-hybridized carbons (Fsp3) is 0.391. The number of nitrogens with zero attached hydrogens (tertiary/aromatic N) is 2. The second-order valence-corrected chi connectivity index (χ2v) is 8.71. The lowest BCUT2D eigenvalue weighted by molar-refractivity contribution is -0.132. The van der Waals surface area contributed by atoms with Crippen LogP contribution in [0.1, 0.15) is 24.8 Å². The number of carbonyl (C=O) groups excluding carboxylic acids is 2. The summed E-state index contributed by atoms with van der Waals surface area (Å²) in [5.41, 5.74) is 2.12. The van der Waals surface area contributed by atoms with Crippen molar-refractivity contribution in [3.63, 3.8) is 0 Å². The van der Waals surface area contributed by atoms with Crippen molar-refractivity contribution >= 4 is 33.4 Å². The van der Waals surface area contributed by atoms with Crippen molar-refractivity contribution in [2.75, 3.05) is 24.5 Å². The highest BCUT2D eigenvalue weighted by molar-refractivity contribution is 9.10. The summed E-state index contributed by atoms with van der Waals surface area (Å²) in [5.74, 6) is -0.825. The van der Waals surface area contributed by atoms with Crippen molar-refractivity contribution in [3.8, 4) is 0 Å². The van der Waals surface area contributed by atoms with Crippen molar-refractivity contribution < 1.29 is 9.59 Å². The number of nitrogens with one attached hydrogen (secondary N) is 1. The molecule has 29 heavy (non-hydrogen) atoms. The number of rotatable bonds is 5. The van der Waals surface area contributed by atoms with Crippen molar-refractivity contribution in [1.29, 1.82) is 0 Å². The first-order valence-corrected chi connectivity index (χ1v) is 11.0. The summed E-state index contributed by atoms with van der Waals surface area (Å²) >= 11 is 3.50. The lowest BCUT2D eigenvalue weighted by Gasteiger charge is -2.33. The zero-order valence-electron chi connectivity index (χ0n) is 16.4. The van der Waals surface area contributed by atoms with E-state index in [4.69, 9.17) is 0 Å². The maximum absolute atomic E-state index is 12.9. The summed E-state index contributed by atoms with van der Waals surface area (Å²) in [6, 6.07) is 18.2. The third kappa shape index (κ3) is 4.70. The molecule has 2 atom stereocenters. The highest BCUT2D eigenvalue weighted by Crippen LogP contribution is 2.31. The van der Waals surface area contributed by atoms with Crippen LogP contribution in [0.5, 0.6) is 0 Å². The van der Waals surface area contributed by atoms with Crippen LogP contribution in [-0.4, -0.2) is 42.4 Å². The predicted molar refractivity (Wildman–Crippen MR) is 117 cm³/mol. The normalized spacial score (nSPS) is 22.7. The van der Waals surface area contributed by atoms with Crippen molar-refractivity contribution in [3.05, 3.63) is 64.6 Å². The third-order valence-corrected chi connectivity index (χ3v) is 6.44. The zero-order chi connectivity index (χ0) is 20.2. The molecule has 2 aliphatic heterocycles. The van der Waals surface area contributed by atoms with E-state index >= 15 is 0 Å². The number of piperidine rings is 1. The van der Waals surface area contributed by atoms with Crippen LogP contribution < -0.4 is 10.2 Å². The molecule has 2 unspecified atom stereocenters.